The van der Waals surface area contributed by atoms with Crippen LogP contribution in [-0.2, 0) is 11.3 Å². The summed E-state index contributed by atoms with van der Waals surface area (Å²) in [5, 5.41) is 0. The van der Waals surface area contributed by atoms with Gasteiger partial charge in [0.25, 0.3) is 0 Å². The summed E-state index contributed by atoms with van der Waals surface area (Å²) >= 11 is 0. The summed E-state index contributed by atoms with van der Waals surface area (Å²) in [6.07, 6.45) is 4.54. The molecule has 1 aliphatic rings. The van der Waals surface area contributed by atoms with Gasteiger partial charge in [0.1, 0.15) is 5.60 Å². The minimum atomic E-state index is -0.424. The normalized spacial score (nSPS) is 18.8. The van der Waals surface area contributed by atoms with Crippen molar-refractivity contribution in [3.63, 3.8) is 0 Å². The Morgan fingerprint density at radius 1 is 1.50 bits per heavy atom. The highest BCUT2D eigenvalue weighted by molar-refractivity contribution is 5.68. The number of pyridine rings is 1. The Bertz CT molecular complexity index is 484. The van der Waals surface area contributed by atoms with Crippen LogP contribution in [0.3, 0.4) is 0 Å². The van der Waals surface area contributed by atoms with Crippen LogP contribution in [0.25, 0.3) is 0 Å². The molecule has 0 radical (unpaired) electrons. The smallest absolute Gasteiger partial charge is 0.410 e. The van der Waals surface area contributed by atoms with Crippen LogP contribution in [0, 0.1) is 5.92 Å². The summed E-state index contributed by atoms with van der Waals surface area (Å²) in [7, 11) is 2.11. The average Bonchev–Trinajstić information content (AvgIpc) is 2.86. The summed E-state index contributed by atoms with van der Waals surface area (Å²) in [5.41, 5.74) is 0.790. The van der Waals surface area contributed by atoms with Gasteiger partial charge in [-0.05, 0) is 51.8 Å². The average molecular weight is 305 g/mol. The topological polar surface area (TPSA) is 45.7 Å². The number of hydrogen-bond donors (Lipinski definition) is 0. The SMILES string of the molecule is CN(Cc1cccnc1)C[C@H]1CCN(C(=O)OC(C)(C)C)C1. The number of nitrogens with zero attached hydrogens (tertiary/aromatic N) is 3. The zero-order valence-electron chi connectivity index (χ0n) is 14.1. The first-order valence-electron chi connectivity index (χ1n) is 7.89. The molecule has 0 N–H and O–H groups in total. The quantitative estimate of drug-likeness (QED) is 0.858. The van der Waals surface area contributed by atoms with E-state index < -0.39 is 5.60 Å². The van der Waals surface area contributed by atoms with Crippen LogP contribution in [0.4, 0.5) is 4.79 Å². The monoisotopic (exact) mass is 305 g/mol. The Hall–Kier alpha value is -1.62. The van der Waals surface area contributed by atoms with Crippen LogP contribution in [0.5, 0.6) is 0 Å². The summed E-state index contributed by atoms with van der Waals surface area (Å²) < 4.78 is 5.44. The van der Waals surface area contributed by atoms with Crippen molar-refractivity contribution >= 4 is 6.09 Å². The maximum atomic E-state index is 12.1. The van der Waals surface area contributed by atoms with Gasteiger partial charge in [-0.25, -0.2) is 4.79 Å². The molecule has 1 amide bonds. The Morgan fingerprint density at radius 2 is 2.27 bits per heavy atom. The lowest BCUT2D eigenvalue weighted by atomic mass is 10.1. The van der Waals surface area contributed by atoms with E-state index in [2.05, 4.69) is 23.0 Å². The molecule has 1 atom stereocenters. The van der Waals surface area contributed by atoms with Crippen molar-refractivity contribution in [2.24, 2.45) is 5.92 Å². The lowest BCUT2D eigenvalue weighted by molar-refractivity contribution is 0.0285. The maximum absolute atomic E-state index is 12.1. The molecule has 0 spiro atoms. The predicted octanol–water partition coefficient (Wildman–Crippen LogP) is 2.77. The minimum absolute atomic E-state index is 0.190. The number of hydrogen-bond acceptors (Lipinski definition) is 4. The molecule has 122 valence electrons. The van der Waals surface area contributed by atoms with Crippen molar-refractivity contribution < 1.29 is 9.53 Å². The van der Waals surface area contributed by atoms with Crippen molar-refractivity contribution in [2.45, 2.75) is 39.3 Å². The van der Waals surface area contributed by atoms with Gasteiger partial charge >= 0.3 is 6.09 Å². The van der Waals surface area contributed by atoms with E-state index in [1.54, 1.807) is 6.20 Å². The number of aromatic nitrogens is 1. The first-order valence-corrected chi connectivity index (χ1v) is 7.89. The number of ether oxygens (including phenoxy) is 1. The summed E-state index contributed by atoms with van der Waals surface area (Å²) in [5.74, 6) is 0.509. The third kappa shape index (κ3) is 5.30. The van der Waals surface area contributed by atoms with Crippen LogP contribution in [0.15, 0.2) is 24.5 Å². The van der Waals surface area contributed by atoms with Gasteiger partial charge in [-0.2, -0.15) is 0 Å². The molecule has 22 heavy (non-hydrogen) atoms. The van der Waals surface area contributed by atoms with Gasteiger partial charge in [0, 0.05) is 38.6 Å². The highest BCUT2D eigenvalue weighted by Crippen LogP contribution is 2.20. The van der Waals surface area contributed by atoms with Crippen LogP contribution < -0.4 is 0 Å². The Labute approximate surface area is 133 Å². The van der Waals surface area contributed by atoms with E-state index in [1.165, 1.54) is 5.56 Å². The molecule has 1 saturated heterocycles. The van der Waals surface area contributed by atoms with Crippen molar-refractivity contribution in [1.82, 2.24) is 14.8 Å². The second-order valence-electron chi connectivity index (χ2n) is 7.14. The molecular weight excluding hydrogens is 278 g/mol. The fourth-order valence-electron chi connectivity index (χ4n) is 2.78. The zero-order valence-corrected chi connectivity index (χ0v) is 14.1. The molecule has 0 aromatic carbocycles. The second-order valence-corrected chi connectivity index (χ2v) is 7.14. The lowest BCUT2D eigenvalue weighted by Gasteiger charge is -2.25. The Morgan fingerprint density at radius 3 is 2.91 bits per heavy atom. The molecule has 1 aromatic heterocycles. The van der Waals surface area contributed by atoms with Crippen LogP contribution in [0.2, 0.25) is 0 Å². The molecule has 5 nitrogen and oxygen atoms in total. The number of likely N-dealkylation sites (tertiary alicyclic amines) is 1. The standard InChI is InChI=1S/C17H27N3O2/c1-17(2,3)22-16(21)20-9-7-15(13-20)12-19(4)11-14-6-5-8-18-10-14/h5-6,8,10,15H,7,9,11-13H2,1-4H3/t15-/m1/s1. The number of rotatable bonds is 4. The van der Waals surface area contributed by atoms with Crippen molar-refractivity contribution in [1.29, 1.82) is 0 Å². The minimum Gasteiger partial charge on any atom is -0.444 e. The third-order valence-corrected chi connectivity index (χ3v) is 3.68. The molecule has 0 aliphatic carbocycles. The van der Waals surface area contributed by atoms with Gasteiger partial charge in [0.05, 0.1) is 0 Å². The second kappa shape index (κ2) is 7.09. The van der Waals surface area contributed by atoms with Gasteiger partial charge in [-0.3, -0.25) is 4.98 Å². The molecule has 1 fully saturated rings. The molecule has 0 unspecified atom stereocenters. The first-order chi connectivity index (χ1) is 10.3. The molecule has 5 heteroatoms. The summed E-state index contributed by atoms with van der Waals surface area (Å²) in [4.78, 5) is 20.3. The van der Waals surface area contributed by atoms with Crippen LogP contribution >= 0.6 is 0 Å². The van der Waals surface area contributed by atoms with E-state index in [4.69, 9.17) is 4.74 Å². The third-order valence-electron chi connectivity index (χ3n) is 3.68. The lowest BCUT2D eigenvalue weighted by Crippen LogP contribution is -2.36. The predicted molar refractivity (Wildman–Crippen MR) is 86.5 cm³/mol. The highest BCUT2D eigenvalue weighted by Gasteiger charge is 2.30. The van der Waals surface area contributed by atoms with Gasteiger partial charge in [0.15, 0.2) is 0 Å². The van der Waals surface area contributed by atoms with Gasteiger partial charge in [-0.1, -0.05) is 6.07 Å². The van der Waals surface area contributed by atoms with E-state index in [0.29, 0.717) is 5.92 Å². The Balaban J connectivity index is 1.77. The molecule has 1 aromatic rings. The molecule has 2 rings (SSSR count). The highest BCUT2D eigenvalue weighted by atomic mass is 16.6. The summed E-state index contributed by atoms with van der Waals surface area (Å²) in [6, 6.07) is 4.05. The van der Waals surface area contributed by atoms with E-state index in [9.17, 15) is 4.79 Å². The fraction of sp³-hybridized carbons (Fsp3) is 0.647. The van der Waals surface area contributed by atoms with Crippen molar-refractivity contribution in [3.8, 4) is 0 Å². The van der Waals surface area contributed by atoms with Crippen molar-refractivity contribution in [3.05, 3.63) is 30.1 Å². The van der Waals surface area contributed by atoms with Gasteiger partial charge in [-0.15, -0.1) is 0 Å². The van der Waals surface area contributed by atoms with E-state index in [-0.39, 0.29) is 6.09 Å². The molecule has 0 bridgehead atoms. The molecule has 0 saturated carbocycles. The largest absolute Gasteiger partial charge is 0.444 e. The molecule has 2 heterocycles. The van der Waals surface area contributed by atoms with Crippen LogP contribution in [-0.4, -0.2) is 53.2 Å². The van der Waals surface area contributed by atoms with Gasteiger partial charge in [0.2, 0.25) is 0 Å². The number of carbonyl (C=O) groups is 1. The van der Waals surface area contributed by atoms with E-state index in [1.807, 2.05) is 37.9 Å². The maximum Gasteiger partial charge on any atom is 0.410 e. The number of amides is 1. The van der Waals surface area contributed by atoms with Crippen molar-refractivity contribution in [2.75, 3.05) is 26.7 Å². The van der Waals surface area contributed by atoms with Gasteiger partial charge < -0.3 is 14.5 Å². The zero-order chi connectivity index (χ0) is 16.2. The summed E-state index contributed by atoms with van der Waals surface area (Å²) in [6.45, 7) is 9.15. The van der Waals surface area contributed by atoms with Crippen LogP contribution in [0.1, 0.15) is 32.8 Å². The Kier molecular flexibility index (Phi) is 5.40. The molecular formula is C17H27N3O2. The molecule has 1 aliphatic heterocycles. The van der Waals surface area contributed by atoms with E-state index in [0.717, 1.165) is 32.6 Å². The first kappa shape index (κ1) is 16.7. The van der Waals surface area contributed by atoms with E-state index >= 15 is 0 Å². The number of carbonyl (C=O) groups excluding carboxylic acids is 1. The fourth-order valence-corrected chi connectivity index (χ4v) is 2.78.